The summed E-state index contributed by atoms with van der Waals surface area (Å²) in [7, 11) is 0. The topological polar surface area (TPSA) is 33.1 Å². The molecular formula is C3H6FNO. The van der Waals surface area contributed by atoms with Crippen LogP contribution in [0.1, 0.15) is 6.92 Å². The van der Waals surface area contributed by atoms with Gasteiger partial charge in [0.25, 0.3) is 0 Å². The maximum absolute atomic E-state index is 11.1. The van der Waals surface area contributed by atoms with Crippen molar-refractivity contribution >= 4 is 6.15 Å². The molecule has 1 N–H and O–H groups in total. The molecule has 0 aromatic rings. The van der Waals surface area contributed by atoms with Gasteiger partial charge >= 0.3 is 6.15 Å². The average Bonchev–Trinajstić information content (AvgIpc) is 1.35. The summed E-state index contributed by atoms with van der Waals surface area (Å²) in [4.78, 5) is 0. The van der Waals surface area contributed by atoms with E-state index in [1.807, 2.05) is 0 Å². The fraction of sp³-hybridized carbons (Fsp3) is 0.667. The Morgan fingerprint density at radius 2 is 2.50 bits per heavy atom. The molecule has 6 heavy (non-hydrogen) atoms. The predicted molar refractivity (Wildman–Crippen MR) is 20.5 cm³/mol. The Balaban J connectivity index is 2.83. The lowest BCUT2D eigenvalue weighted by atomic mass is 10.9. The van der Waals surface area contributed by atoms with Crippen molar-refractivity contribution in [2.45, 2.75) is 6.92 Å². The van der Waals surface area contributed by atoms with Gasteiger partial charge in [-0.3, -0.25) is 0 Å². The van der Waals surface area contributed by atoms with Crippen LogP contribution < -0.4 is 0 Å². The molecule has 0 radical (unpaired) electrons. The summed E-state index contributed by atoms with van der Waals surface area (Å²) in [6.07, 6.45) is -1.21. The number of ether oxygens (including phenoxy) is 1. The van der Waals surface area contributed by atoms with E-state index in [-0.39, 0.29) is 6.61 Å². The normalized spacial score (nSPS) is 7.67. The van der Waals surface area contributed by atoms with Crippen molar-refractivity contribution in [1.29, 1.82) is 5.41 Å². The minimum atomic E-state index is -1.21. The first-order valence-electron chi connectivity index (χ1n) is 1.64. The van der Waals surface area contributed by atoms with Crippen LogP contribution in [0, 0.1) is 5.41 Å². The minimum Gasteiger partial charge on any atom is -0.457 e. The molecule has 0 saturated heterocycles. The molecule has 0 unspecified atom stereocenters. The third-order valence-corrected chi connectivity index (χ3v) is 0.271. The lowest BCUT2D eigenvalue weighted by Gasteiger charge is -1.88. The van der Waals surface area contributed by atoms with Crippen molar-refractivity contribution in [3.63, 3.8) is 0 Å². The highest BCUT2D eigenvalue weighted by Gasteiger charge is 1.82. The highest BCUT2D eigenvalue weighted by Crippen LogP contribution is 1.74. The van der Waals surface area contributed by atoms with Crippen LogP contribution in [0.2, 0.25) is 0 Å². The van der Waals surface area contributed by atoms with Gasteiger partial charge in [-0.25, -0.2) is 5.41 Å². The second kappa shape index (κ2) is 2.63. The third-order valence-electron chi connectivity index (χ3n) is 0.271. The van der Waals surface area contributed by atoms with Crippen molar-refractivity contribution in [1.82, 2.24) is 0 Å². The standard InChI is InChI=1S/C3H6FNO/c1-2-6-3(4)5/h5H,2H2,1H3. The molecule has 0 atom stereocenters. The van der Waals surface area contributed by atoms with Crippen LogP contribution in [0.4, 0.5) is 4.39 Å². The molecule has 3 heteroatoms. The van der Waals surface area contributed by atoms with Crippen molar-refractivity contribution < 1.29 is 9.13 Å². The van der Waals surface area contributed by atoms with Gasteiger partial charge in [0.1, 0.15) is 0 Å². The molecular weight excluding hydrogens is 85.0 g/mol. The molecule has 0 aliphatic carbocycles. The van der Waals surface area contributed by atoms with Gasteiger partial charge in [-0.15, -0.1) is 4.39 Å². The smallest absolute Gasteiger partial charge is 0.368 e. The molecule has 36 valence electrons. The molecule has 0 amide bonds. The molecule has 0 aliphatic heterocycles. The van der Waals surface area contributed by atoms with Crippen LogP contribution in [0.25, 0.3) is 0 Å². The monoisotopic (exact) mass is 91.0 g/mol. The Morgan fingerprint density at radius 3 is 2.50 bits per heavy atom. The Kier molecular flexibility index (Phi) is 2.36. The molecule has 0 fully saturated rings. The largest absolute Gasteiger partial charge is 0.457 e. The highest BCUT2D eigenvalue weighted by atomic mass is 19.1. The maximum atomic E-state index is 11.1. The fourth-order valence-corrected chi connectivity index (χ4v) is 0.127. The molecule has 0 rings (SSSR count). The lowest BCUT2D eigenvalue weighted by molar-refractivity contribution is 0.279. The van der Waals surface area contributed by atoms with E-state index in [1.165, 1.54) is 0 Å². The maximum Gasteiger partial charge on any atom is 0.368 e. The lowest BCUT2D eigenvalue weighted by Crippen LogP contribution is -1.92. The van der Waals surface area contributed by atoms with Gasteiger partial charge in [-0.1, -0.05) is 0 Å². The van der Waals surface area contributed by atoms with Gasteiger partial charge in [0, 0.05) is 0 Å². The molecule has 0 aromatic carbocycles. The van der Waals surface area contributed by atoms with Crippen molar-refractivity contribution in [3.8, 4) is 0 Å². The van der Waals surface area contributed by atoms with Gasteiger partial charge in [0.2, 0.25) is 0 Å². The molecule has 0 aliphatic rings. The van der Waals surface area contributed by atoms with Crippen LogP contribution in [0.5, 0.6) is 0 Å². The summed E-state index contributed by atoms with van der Waals surface area (Å²) in [6, 6.07) is 0. The van der Waals surface area contributed by atoms with Crippen LogP contribution in [0.15, 0.2) is 0 Å². The van der Waals surface area contributed by atoms with Crippen LogP contribution in [-0.2, 0) is 4.74 Å². The second-order valence-electron chi connectivity index (χ2n) is 0.707. The van der Waals surface area contributed by atoms with Crippen molar-refractivity contribution in [2.24, 2.45) is 0 Å². The molecule has 2 nitrogen and oxygen atoms in total. The van der Waals surface area contributed by atoms with Gasteiger partial charge < -0.3 is 4.74 Å². The van der Waals surface area contributed by atoms with Gasteiger partial charge in [0.15, 0.2) is 0 Å². The summed E-state index contributed by atoms with van der Waals surface area (Å²) < 4.78 is 15.0. The van der Waals surface area contributed by atoms with E-state index in [2.05, 4.69) is 4.74 Å². The zero-order valence-corrected chi connectivity index (χ0v) is 3.49. The van der Waals surface area contributed by atoms with Crippen LogP contribution >= 0.6 is 0 Å². The number of halogens is 1. The first-order chi connectivity index (χ1) is 2.77. The Morgan fingerprint density at radius 1 is 2.00 bits per heavy atom. The predicted octanol–water partition coefficient (Wildman–Crippen LogP) is 0.927. The van der Waals surface area contributed by atoms with Gasteiger partial charge in [0.05, 0.1) is 6.61 Å². The highest BCUT2D eigenvalue weighted by molar-refractivity contribution is 5.60. The van der Waals surface area contributed by atoms with Crippen molar-refractivity contribution in [2.75, 3.05) is 6.61 Å². The van der Waals surface area contributed by atoms with Crippen LogP contribution in [0.3, 0.4) is 0 Å². The average molecular weight is 91.1 g/mol. The van der Waals surface area contributed by atoms with E-state index >= 15 is 0 Å². The van der Waals surface area contributed by atoms with Gasteiger partial charge in [-0.05, 0) is 6.92 Å². The summed E-state index contributed by atoms with van der Waals surface area (Å²) in [5.74, 6) is 0. The summed E-state index contributed by atoms with van der Waals surface area (Å²) >= 11 is 0. The first kappa shape index (κ1) is 5.40. The molecule has 0 saturated carbocycles. The molecule has 0 bridgehead atoms. The third kappa shape index (κ3) is 3.40. The zero-order valence-electron chi connectivity index (χ0n) is 3.49. The number of rotatable bonds is 1. The first-order valence-corrected chi connectivity index (χ1v) is 1.64. The Labute approximate surface area is 35.4 Å². The Hall–Kier alpha value is -0.600. The van der Waals surface area contributed by atoms with E-state index in [1.54, 1.807) is 6.92 Å². The van der Waals surface area contributed by atoms with Crippen LogP contribution in [-0.4, -0.2) is 12.8 Å². The van der Waals surface area contributed by atoms with E-state index < -0.39 is 6.15 Å². The molecule has 0 aromatic heterocycles. The van der Waals surface area contributed by atoms with E-state index in [4.69, 9.17) is 5.41 Å². The minimum absolute atomic E-state index is 0.231. The molecule has 0 spiro atoms. The summed E-state index contributed by atoms with van der Waals surface area (Å²) in [6.45, 7) is 1.85. The van der Waals surface area contributed by atoms with E-state index in [9.17, 15) is 4.39 Å². The summed E-state index contributed by atoms with van der Waals surface area (Å²) in [5.41, 5.74) is 0. The number of hydrogen-bond acceptors (Lipinski definition) is 2. The fourth-order valence-electron chi connectivity index (χ4n) is 0.127. The quantitative estimate of drug-likeness (QED) is 0.378. The second-order valence-corrected chi connectivity index (χ2v) is 0.707. The van der Waals surface area contributed by atoms with E-state index in [0.29, 0.717) is 0 Å². The number of nitrogens with one attached hydrogen (secondary N) is 1. The van der Waals surface area contributed by atoms with Gasteiger partial charge in [-0.2, -0.15) is 0 Å². The molecule has 0 heterocycles. The van der Waals surface area contributed by atoms with E-state index in [0.717, 1.165) is 0 Å². The number of hydrogen-bond donors (Lipinski definition) is 1. The Bertz CT molecular complexity index is 54.8. The SMILES string of the molecule is CCOC(=N)F. The zero-order chi connectivity index (χ0) is 4.99. The summed E-state index contributed by atoms with van der Waals surface area (Å²) in [5, 5.41) is 6.01. The van der Waals surface area contributed by atoms with Crippen molar-refractivity contribution in [3.05, 3.63) is 0 Å².